The Kier molecular flexibility index (Phi) is 6.19. The van der Waals surface area contributed by atoms with Crippen molar-refractivity contribution >= 4 is 12.5 Å². The molecule has 0 bridgehead atoms. The Balaban J connectivity index is 3.56. The Labute approximate surface area is 73.8 Å². The third-order valence-corrected chi connectivity index (χ3v) is 1.27. The van der Waals surface area contributed by atoms with Gasteiger partial charge in [-0.05, 0) is 27.4 Å². The maximum absolute atomic E-state index is 10.1. The van der Waals surface area contributed by atoms with Crippen molar-refractivity contribution in [3.63, 3.8) is 0 Å². The van der Waals surface area contributed by atoms with Crippen molar-refractivity contribution in [3.8, 4) is 0 Å². The average molecular weight is 168 g/mol. The van der Waals surface area contributed by atoms with Crippen LogP contribution in [0.15, 0.2) is 16.8 Å². The third-order valence-electron chi connectivity index (χ3n) is 1.27. The number of allylic oxidation sites excluding steroid dienone is 1. The van der Waals surface area contributed by atoms with Crippen molar-refractivity contribution in [1.82, 2.24) is 4.90 Å². The van der Waals surface area contributed by atoms with Crippen LogP contribution in [0.2, 0.25) is 0 Å². The zero-order valence-electron chi connectivity index (χ0n) is 7.95. The summed E-state index contributed by atoms with van der Waals surface area (Å²) in [6.45, 7) is 2.72. The van der Waals surface area contributed by atoms with Gasteiger partial charge in [0.1, 0.15) is 6.29 Å². The van der Waals surface area contributed by atoms with E-state index in [1.54, 1.807) is 13.1 Å². The standard InChI is InChI=1S/C9H16N2O/c1-9(8-12)7-10-5-4-6-11(2)3/h5,7-8H,4,6H2,1-3H3. The summed E-state index contributed by atoms with van der Waals surface area (Å²) in [7, 11) is 4.03. The Hall–Kier alpha value is -0.960. The highest BCUT2D eigenvalue weighted by Gasteiger charge is 1.84. The molecule has 0 aliphatic carbocycles. The van der Waals surface area contributed by atoms with E-state index >= 15 is 0 Å². The predicted octanol–water partition coefficient (Wildman–Crippen LogP) is 1.11. The van der Waals surface area contributed by atoms with Gasteiger partial charge in [0.2, 0.25) is 0 Å². The van der Waals surface area contributed by atoms with E-state index in [1.165, 1.54) is 0 Å². The molecule has 0 N–H and O–H groups in total. The molecule has 0 saturated heterocycles. The summed E-state index contributed by atoms with van der Waals surface area (Å²) in [5.74, 6) is 0. The lowest BCUT2D eigenvalue weighted by atomic mass is 10.4. The van der Waals surface area contributed by atoms with Gasteiger partial charge in [0, 0.05) is 24.5 Å². The summed E-state index contributed by atoms with van der Waals surface area (Å²) < 4.78 is 0. The van der Waals surface area contributed by atoms with E-state index in [9.17, 15) is 4.79 Å². The normalized spacial score (nSPS) is 12.8. The van der Waals surface area contributed by atoms with Crippen LogP contribution in [0.5, 0.6) is 0 Å². The highest BCUT2D eigenvalue weighted by Crippen LogP contribution is 1.86. The van der Waals surface area contributed by atoms with E-state index in [-0.39, 0.29) is 0 Å². The number of hydrogen-bond donors (Lipinski definition) is 0. The van der Waals surface area contributed by atoms with Gasteiger partial charge in [-0.1, -0.05) is 0 Å². The SMILES string of the molecule is CC(C=O)=CN=CCCN(C)C. The molecule has 0 atom stereocenters. The molecule has 0 aromatic heterocycles. The number of hydrogen-bond acceptors (Lipinski definition) is 3. The van der Waals surface area contributed by atoms with Crippen LogP contribution in [0.25, 0.3) is 0 Å². The summed E-state index contributed by atoms with van der Waals surface area (Å²) in [5, 5.41) is 0. The van der Waals surface area contributed by atoms with Gasteiger partial charge < -0.3 is 4.90 Å². The van der Waals surface area contributed by atoms with Crippen LogP contribution >= 0.6 is 0 Å². The number of aliphatic imine (C=N–C) groups is 1. The van der Waals surface area contributed by atoms with Crippen molar-refractivity contribution < 1.29 is 4.79 Å². The lowest BCUT2D eigenvalue weighted by Crippen LogP contribution is -2.12. The number of aldehydes is 1. The van der Waals surface area contributed by atoms with Crippen molar-refractivity contribution in [2.45, 2.75) is 13.3 Å². The largest absolute Gasteiger partial charge is 0.309 e. The van der Waals surface area contributed by atoms with Gasteiger partial charge in [-0.15, -0.1) is 0 Å². The monoisotopic (exact) mass is 168 g/mol. The summed E-state index contributed by atoms with van der Waals surface area (Å²) in [6, 6.07) is 0. The fourth-order valence-electron chi connectivity index (χ4n) is 0.591. The minimum Gasteiger partial charge on any atom is -0.309 e. The van der Waals surface area contributed by atoms with Crippen molar-refractivity contribution in [3.05, 3.63) is 11.8 Å². The topological polar surface area (TPSA) is 32.7 Å². The van der Waals surface area contributed by atoms with E-state index in [1.807, 2.05) is 20.3 Å². The molecule has 3 nitrogen and oxygen atoms in total. The summed E-state index contributed by atoms with van der Waals surface area (Å²) in [6.07, 6.45) is 5.09. The Morgan fingerprint density at radius 1 is 1.50 bits per heavy atom. The molecule has 0 aromatic rings. The Bertz CT molecular complexity index is 183. The Morgan fingerprint density at radius 2 is 2.17 bits per heavy atom. The molecule has 0 aromatic carbocycles. The van der Waals surface area contributed by atoms with E-state index < -0.39 is 0 Å². The van der Waals surface area contributed by atoms with Gasteiger partial charge in [0.15, 0.2) is 0 Å². The van der Waals surface area contributed by atoms with Crippen molar-refractivity contribution in [1.29, 1.82) is 0 Å². The Morgan fingerprint density at radius 3 is 2.67 bits per heavy atom. The summed E-state index contributed by atoms with van der Waals surface area (Å²) in [5.41, 5.74) is 0.649. The molecular weight excluding hydrogens is 152 g/mol. The van der Waals surface area contributed by atoms with E-state index in [0.29, 0.717) is 5.57 Å². The minimum absolute atomic E-state index is 0.649. The number of carbonyl (C=O) groups excluding carboxylic acids is 1. The maximum Gasteiger partial charge on any atom is 0.147 e. The van der Waals surface area contributed by atoms with Crippen LogP contribution in [-0.2, 0) is 4.79 Å². The fraction of sp³-hybridized carbons (Fsp3) is 0.556. The molecule has 0 spiro atoms. The molecule has 0 fully saturated rings. The van der Waals surface area contributed by atoms with E-state index in [2.05, 4.69) is 9.89 Å². The van der Waals surface area contributed by atoms with Crippen LogP contribution in [0.1, 0.15) is 13.3 Å². The molecule has 0 heterocycles. The van der Waals surface area contributed by atoms with Gasteiger partial charge in [-0.25, -0.2) is 0 Å². The number of nitrogens with zero attached hydrogens (tertiary/aromatic N) is 2. The van der Waals surface area contributed by atoms with Crippen LogP contribution in [0.4, 0.5) is 0 Å². The molecule has 0 aliphatic heterocycles. The molecule has 0 unspecified atom stereocenters. The van der Waals surface area contributed by atoms with Crippen LogP contribution < -0.4 is 0 Å². The minimum atomic E-state index is 0.649. The lowest BCUT2D eigenvalue weighted by Gasteiger charge is -2.04. The molecule has 0 saturated carbocycles. The zero-order valence-corrected chi connectivity index (χ0v) is 7.95. The molecule has 3 heteroatoms. The number of carbonyl (C=O) groups is 1. The van der Waals surface area contributed by atoms with E-state index in [0.717, 1.165) is 19.3 Å². The predicted molar refractivity (Wildman–Crippen MR) is 51.5 cm³/mol. The average Bonchev–Trinajstić information content (AvgIpc) is 2.03. The van der Waals surface area contributed by atoms with E-state index in [4.69, 9.17) is 0 Å². The van der Waals surface area contributed by atoms with Gasteiger partial charge in [-0.2, -0.15) is 0 Å². The van der Waals surface area contributed by atoms with Gasteiger partial charge in [-0.3, -0.25) is 9.79 Å². The fourth-order valence-corrected chi connectivity index (χ4v) is 0.591. The van der Waals surface area contributed by atoms with Crippen molar-refractivity contribution in [2.75, 3.05) is 20.6 Å². The first-order chi connectivity index (χ1) is 5.66. The second-order valence-electron chi connectivity index (χ2n) is 2.91. The molecule has 0 aliphatic rings. The molecule has 0 rings (SSSR count). The number of rotatable bonds is 5. The smallest absolute Gasteiger partial charge is 0.147 e. The zero-order chi connectivity index (χ0) is 9.40. The molecule has 12 heavy (non-hydrogen) atoms. The van der Waals surface area contributed by atoms with Crippen LogP contribution in [0.3, 0.4) is 0 Å². The first-order valence-electron chi connectivity index (χ1n) is 3.95. The lowest BCUT2D eigenvalue weighted by molar-refractivity contribution is -0.104. The quantitative estimate of drug-likeness (QED) is 0.350. The maximum atomic E-state index is 10.1. The molecule has 0 radical (unpaired) electrons. The van der Waals surface area contributed by atoms with Crippen LogP contribution in [0, 0.1) is 0 Å². The first-order valence-corrected chi connectivity index (χ1v) is 3.95. The highest BCUT2D eigenvalue weighted by atomic mass is 16.1. The van der Waals surface area contributed by atoms with Crippen LogP contribution in [-0.4, -0.2) is 38.0 Å². The summed E-state index contributed by atoms with van der Waals surface area (Å²) >= 11 is 0. The van der Waals surface area contributed by atoms with Gasteiger partial charge >= 0.3 is 0 Å². The third kappa shape index (κ3) is 7.15. The second kappa shape index (κ2) is 6.73. The summed E-state index contributed by atoms with van der Waals surface area (Å²) in [4.78, 5) is 16.2. The molecule has 0 amide bonds. The molecular formula is C9H16N2O. The van der Waals surface area contributed by atoms with Gasteiger partial charge in [0.25, 0.3) is 0 Å². The highest BCUT2D eigenvalue weighted by molar-refractivity contribution is 5.72. The molecule has 68 valence electrons. The van der Waals surface area contributed by atoms with Gasteiger partial charge in [0.05, 0.1) is 0 Å². The first kappa shape index (κ1) is 11.0. The van der Waals surface area contributed by atoms with Crippen molar-refractivity contribution in [2.24, 2.45) is 4.99 Å². The second-order valence-corrected chi connectivity index (χ2v) is 2.91.